The maximum atomic E-state index is 13.0. The molecule has 2 aromatic carbocycles. The molecule has 1 atom stereocenters. The number of benzene rings is 2. The van der Waals surface area contributed by atoms with Crippen molar-refractivity contribution < 1.29 is 37.4 Å². The Kier molecular flexibility index (Phi) is 8.13. The summed E-state index contributed by atoms with van der Waals surface area (Å²) in [7, 11) is 0. The van der Waals surface area contributed by atoms with Crippen LogP contribution in [0.2, 0.25) is 0 Å². The topological polar surface area (TPSA) is 108 Å². The van der Waals surface area contributed by atoms with Gasteiger partial charge in [0, 0.05) is 18.3 Å². The number of anilines is 1. The molecule has 4 rings (SSSR count). The highest BCUT2D eigenvalue weighted by Gasteiger charge is 2.36. The molecule has 0 aromatic heterocycles. The Labute approximate surface area is 218 Å². The molecule has 3 amide bonds. The van der Waals surface area contributed by atoms with Crippen molar-refractivity contribution in [2.45, 2.75) is 69.8 Å². The van der Waals surface area contributed by atoms with E-state index in [2.05, 4.69) is 15.4 Å². The van der Waals surface area contributed by atoms with Crippen LogP contribution in [-0.4, -0.2) is 52.9 Å². The number of hydrogen-bond donors (Lipinski definition) is 3. The molecule has 0 unspecified atom stereocenters. The fourth-order valence-corrected chi connectivity index (χ4v) is 5.27. The van der Waals surface area contributed by atoms with Crippen molar-refractivity contribution in [3.63, 3.8) is 0 Å². The van der Waals surface area contributed by atoms with Gasteiger partial charge in [0.1, 0.15) is 11.8 Å². The highest BCUT2D eigenvalue weighted by molar-refractivity contribution is 5.94. The summed E-state index contributed by atoms with van der Waals surface area (Å²) in [4.78, 5) is 38.6. The number of aromatic carboxylic acids is 1. The number of hydrogen-bond acceptors (Lipinski definition) is 4. The molecule has 1 aliphatic carbocycles. The van der Waals surface area contributed by atoms with Crippen molar-refractivity contribution in [2.24, 2.45) is 0 Å². The summed E-state index contributed by atoms with van der Waals surface area (Å²) < 4.78 is 40.8. The molecule has 2 aliphatic rings. The number of carboxylic acids is 1. The van der Waals surface area contributed by atoms with E-state index >= 15 is 0 Å². The van der Waals surface area contributed by atoms with Crippen LogP contribution in [0.3, 0.4) is 0 Å². The Morgan fingerprint density at radius 1 is 1.00 bits per heavy atom. The predicted molar refractivity (Wildman–Crippen MR) is 133 cm³/mol. The SMILES string of the molecule is Cc1cc(C2CCC(NC(=O)[C@H]3CCCN3C(=O)Nc3ccc(OC(F)(F)F)cc3)CC2)ccc1C(=O)O. The quantitative estimate of drug-likeness (QED) is 0.459. The summed E-state index contributed by atoms with van der Waals surface area (Å²) in [5.74, 6) is -1.25. The molecule has 1 saturated carbocycles. The van der Waals surface area contributed by atoms with E-state index in [9.17, 15) is 32.7 Å². The van der Waals surface area contributed by atoms with Gasteiger partial charge in [-0.25, -0.2) is 9.59 Å². The number of carbonyl (C=O) groups is 3. The van der Waals surface area contributed by atoms with Gasteiger partial charge in [0.2, 0.25) is 5.91 Å². The lowest BCUT2D eigenvalue weighted by molar-refractivity contribution is -0.274. The molecule has 11 heteroatoms. The van der Waals surface area contributed by atoms with E-state index in [0.717, 1.165) is 48.9 Å². The lowest BCUT2D eigenvalue weighted by Gasteiger charge is -2.31. The second kappa shape index (κ2) is 11.3. The van der Waals surface area contributed by atoms with E-state index < -0.39 is 30.2 Å². The van der Waals surface area contributed by atoms with Gasteiger partial charge in [0.25, 0.3) is 0 Å². The number of aryl methyl sites for hydroxylation is 1. The van der Waals surface area contributed by atoms with Gasteiger partial charge < -0.3 is 25.4 Å². The Morgan fingerprint density at radius 2 is 1.68 bits per heavy atom. The lowest BCUT2D eigenvalue weighted by atomic mass is 9.81. The molecular formula is C27H30F3N3O5. The van der Waals surface area contributed by atoms with Crippen molar-refractivity contribution in [1.29, 1.82) is 0 Å². The third kappa shape index (κ3) is 6.76. The van der Waals surface area contributed by atoms with Crippen molar-refractivity contribution in [1.82, 2.24) is 10.2 Å². The molecule has 0 spiro atoms. The van der Waals surface area contributed by atoms with E-state index in [4.69, 9.17) is 0 Å². The second-order valence-corrected chi connectivity index (χ2v) is 9.79. The zero-order valence-electron chi connectivity index (χ0n) is 20.9. The summed E-state index contributed by atoms with van der Waals surface area (Å²) in [6.07, 6.45) is -0.320. The molecule has 3 N–H and O–H groups in total. The number of nitrogens with zero attached hydrogens (tertiary/aromatic N) is 1. The smallest absolute Gasteiger partial charge is 0.478 e. The van der Waals surface area contributed by atoms with E-state index in [-0.39, 0.29) is 11.9 Å². The minimum Gasteiger partial charge on any atom is -0.478 e. The van der Waals surface area contributed by atoms with Crippen LogP contribution < -0.4 is 15.4 Å². The largest absolute Gasteiger partial charge is 0.573 e. The van der Waals surface area contributed by atoms with E-state index in [0.29, 0.717) is 36.6 Å². The van der Waals surface area contributed by atoms with Gasteiger partial charge in [-0.05, 0) is 92.8 Å². The van der Waals surface area contributed by atoms with Gasteiger partial charge in [0.15, 0.2) is 0 Å². The van der Waals surface area contributed by atoms with Gasteiger partial charge in [-0.2, -0.15) is 0 Å². The highest BCUT2D eigenvalue weighted by atomic mass is 19.4. The first kappa shape index (κ1) is 27.3. The number of amides is 3. The number of urea groups is 1. The summed E-state index contributed by atoms with van der Waals surface area (Å²) >= 11 is 0. The third-order valence-corrected chi connectivity index (χ3v) is 7.18. The zero-order valence-corrected chi connectivity index (χ0v) is 20.9. The van der Waals surface area contributed by atoms with Gasteiger partial charge in [-0.1, -0.05) is 12.1 Å². The molecule has 0 radical (unpaired) electrons. The number of alkyl halides is 3. The molecular weight excluding hydrogens is 503 g/mol. The molecule has 204 valence electrons. The molecule has 38 heavy (non-hydrogen) atoms. The Hall–Kier alpha value is -3.76. The van der Waals surface area contributed by atoms with Crippen LogP contribution in [0.5, 0.6) is 5.75 Å². The van der Waals surface area contributed by atoms with Crippen LogP contribution in [-0.2, 0) is 4.79 Å². The van der Waals surface area contributed by atoms with Crippen LogP contribution in [0.25, 0.3) is 0 Å². The first-order valence-corrected chi connectivity index (χ1v) is 12.6. The minimum atomic E-state index is -4.80. The lowest BCUT2D eigenvalue weighted by Crippen LogP contribution is -2.50. The van der Waals surface area contributed by atoms with E-state index in [1.165, 1.54) is 17.0 Å². The fraction of sp³-hybridized carbons (Fsp3) is 0.444. The van der Waals surface area contributed by atoms with Crippen LogP contribution in [0.4, 0.5) is 23.7 Å². The van der Waals surface area contributed by atoms with Crippen molar-refractivity contribution >= 4 is 23.6 Å². The van der Waals surface area contributed by atoms with Crippen LogP contribution in [0.1, 0.15) is 65.9 Å². The molecule has 2 fully saturated rings. The summed E-state index contributed by atoms with van der Waals surface area (Å²) in [6, 6.07) is 9.15. The van der Waals surface area contributed by atoms with E-state index in [1.54, 1.807) is 13.0 Å². The summed E-state index contributed by atoms with van der Waals surface area (Å²) in [5, 5.41) is 15.0. The average molecular weight is 534 g/mol. The third-order valence-electron chi connectivity index (χ3n) is 7.18. The number of nitrogens with one attached hydrogen (secondary N) is 2. The second-order valence-electron chi connectivity index (χ2n) is 9.79. The van der Waals surface area contributed by atoms with Crippen molar-refractivity contribution in [2.75, 3.05) is 11.9 Å². The van der Waals surface area contributed by atoms with Gasteiger partial charge >= 0.3 is 18.4 Å². The number of carbonyl (C=O) groups excluding carboxylic acids is 2. The van der Waals surface area contributed by atoms with Crippen molar-refractivity contribution in [3.8, 4) is 5.75 Å². The maximum Gasteiger partial charge on any atom is 0.573 e. The first-order chi connectivity index (χ1) is 18.0. The Bertz CT molecular complexity index is 1180. The highest BCUT2D eigenvalue weighted by Crippen LogP contribution is 2.34. The molecule has 1 heterocycles. The zero-order chi connectivity index (χ0) is 27.4. The fourth-order valence-electron chi connectivity index (χ4n) is 5.27. The van der Waals surface area contributed by atoms with Crippen molar-refractivity contribution in [3.05, 3.63) is 59.2 Å². The summed E-state index contributed by atoms with van der Waals surface area (Å²) in [6.45, 7) is 2.19. The first-order valence-electron chi connectivity index (χ1n) is 12.6. The van der Waals surface area contributed by atoms with Gasteiger partial charge in [-0.3, -0.25) is 4.79 Å². The normalized spacial score (nSPS) is 21.6. The number of likely N-dealkylation sites (tertiary alicyclic amines) is 1. The van der Waals surface area contributed by atoms with Crippen LogP contribution in [0, 0.1) is 6.92 Å². The Morgan fingerprint density at radius 3 is 2.29 bits per heavy atom. The van der Waals surface area contributed by atoms with E-state index in [1.807, 2.05) is 12.1 Å². The number of halogens is 3. The monoisotopic (exact) mass is 533 g/mol. The van der Waals surface area contributed by atoms with Crippen LogP contribution >= 0.6 is 0 Å². The average Bonchev–Trinajstić information content (AvgIpc) is 3.35. The number of carboxylic acid groups (broad SMARTS) is 1. The molecule has 8 nitrogen and oxygen atoms in total. The van der Waals surface area contributed by atoms with Gasteiger partial charge in [-0.15, -0.1) is 13.2 Å². The summed E-state index contributed by atoms with van der Waals surface area (Å²) in [5.41, 5.74) is 2.43. The maximum absolute atomic E-state index is 13.0. The Balaban J connectivity index is 1.28. The van der Waals surface area contributed by atoms with Crippen LogP contribution in [0.15, 0.2) is 42.5 Å². The number of ether oxygens (including phenoxy) is 1. The standard InChI is InChI=1S/C27H30F3N3O5/c1-16-15-18(6-13-22(16)25(35)36)17-4-7-19(8-5-17)31-24(34)23-3-2-14-33(23)26(37)32-20-9-11-21(12-10-20)38-27(28,29)30/h6,9-13,15,17,19,23H,2-5,7-8,14H2,1H3,(H,31,34)(H,32,37)(H,35,36)/t17?,19?,23-/m1/s1. The molecule has 0 bridgehead atoms. The van der Waals surface area contributed by atoms with Gasteiger partial charge in [0.05, 0.1) is 5.56 Å². The molecule has 1 saturated heterocycles. The molecule has 1 aliphatic heterocycles. The number of rotatable bonds is 6. The predicted octanol–water partition coefficient (Wildman–Crippen LogP) is 5.43. The molecule has 2 aromatic rings. The minimum absolute atomic E-state index is 0.00942.